The second kappa shape index (κ2) is 16.7. The lowest BCUT2D eigenvalue weighted by Gasteiger charge is -2.62. The average Bonchev–Trinajstić information content (AvgIpc) is 4.11. The largest absolute Gasteiger partial charge is 0.489 e. The first kappa shape index (κ1) is 43.5. The topological polar surface area (TPSA) is 197 Å². The number of amides is 1. The molecule has 1 amide bonds. The van der Waals surface area contributed by atoms with Gasteiger partial charge in [-0.05, 0) is 91.7 Å². The molecule has 1 spiro atoms. The molecule has 69 heavy (non-hydrogen) atoms. The predicted octanol–water partition coefficient (Wildman–Crippen LogP) is 7.63. The summed E-state index contributed by atoms with van der Waals surface area (Å²) in [6, 6.07) is 26.2. The Hall–Kier alpha value is -6.76. The number of aromatic nitrogens is 3. The molecule has 3 N–H and O–H groups in total. The molecule has 6 aromatic rings. The number of hydrogen-bond donors (Lipinski definition) is 3. The number of aromatic amines is 1. The van der Waals surface area contributed by atoms with Crippen LogP contribution in [0.3, 0.4) is 0 Å². The van der Waals surface area contributed by atoms with Gasteiger partial charge in [0.1, 0.15) is 24.0 Å². The van der Waals surface area contributed by atoms with Gasteiger partial charge in [-0.3, -0.25) is 24.8 Å². The Morgan fingerprint density at radius 1 is 1.00 bits per heavy atom. The van der Waals surface area contributed by atoms with E-state index in [0.717, 1.165) is 55.3 Å². The molecule has 3 saturated heterocycles. The summed E-state index contributed by atoms with van der Waals surface area (Å²) in [6.07, 6.45) is 8.10. The summed E-state index contributed by atoms with van der Waals surface area (Å²) in [5.41, 5.74) is 6.11. The number of H-pyrrole nitrogens is 1. The molecule has 1 saturated carbocycles. The van der Waals surface area contributed by atoms with E-state index in [1.54, 1.807) is 24.5 Å². The number of rotatable bonds is 11. The standard InChI is InChI=1S/C51H53N9O8S/c1-30(2)37-9-3-4-10-38(37)40-11-7-17-58(40)35-23-51(24-35)28-57(29-51)34-12-13-39(41(20-34)59-43-18-31-14-16-53-48(31)55-50(43)68-46-27-66-26-44(46)59)49(61)56-69(64,65)36-21-42(60(62)63)47-45(22-36)67-25-33(54-47)19-32-8-5-6-15-52-32/h3-6,8-10,12-16,18,20-22,30,33,35,40,44,46,54H,7,11,17,19,23-29H2,1-2H3,(H,53,55)(H,56,61)/t33-,40-,44+,46+/m0/s1. The number of nitro groups is 1. The molecule has 17 nitrogen and oxygen atoms in total. The first-order valence-corrected chi connectivity index (χ1v) is 25.3. The number of anilines is 4. The number of hydrogen-bond acceptors (Lipinski definition) is 14. The normalized spacial score (nSPS) is 22.8. The number of ether oxygens (including phenoxy) is 3. The number of pyridine rings is 2. The van der Waals surface area contributed by atoms with Crippen molar-refractivity contribution >= 4 is 55.4 Å². The van der Waals surface area contributed by atoms with Crippen molar-refractivity contribution in [3.63, 3.8) is 0 Å². The van der Waals surface area contributed by atoms with Crippen LogP contribution in [0.1, 0.15) is 78.7 Å². The van der Waals surface area contributed by atoms with Crippen molar-refractivity contribution < 1.29 is 32.3 Å². The molecule has 1 aliphatic carbocycles. The Balaban J connectivity index is 0.839. The van der Waals surface area contributed by atoms with E-state index in [4.69, 9.17) is 19.2 Å². The third-order valence-corrected chi connectivity index (χ3v) is 16.4. The highest BCUT2D eigenvalue weighted by atomic mass is 32.2. The molecule has 0 unspecified atom stereocenters. The SMILES string of the molecule is CC(C)c1ccccc1[C@@H]1CCCN1C1CC2(C1)CN(c1ccc(C(=O)NS(=O)(=O)c3cc4c(c([N+](=O)[O-])c3)N[C@@H](Cc3ccccn3)CO4)c(N3c4cc5cc[nH]c5nc4O[C@@H]4COC[C@H]43)c1)C2. The number of fused-ring (bicyclic) bond motifs is 4. The van der Waals surface area contributed by atoms with Gasteiger partial charge in [0.2, 0.25) is 5.88 Å². The zero-order valence-corrected chi connectivity index (χ0v) is 39.2. The smallest absolute Gasteiger partial charge is 0.297 e. The summed E-state index contributed by atoms with van der Waals surface area (Å²) in [6.45, 7) is 8.10. The van der Waals surface area contributed by atoms with Crippen LogP contribution in [0.25, 0.3) is 11.0 Å². The molecule has 8 heterocycles. The minimum atomic E-state index is -4.70. The van der Waals surface area contributed by atoms with Gasteiger partial charge in [-0.1, -0.05) is 44.2 Å². The number of carbonyl (C=O) groups excluding carboxylic acids is 1. The Morgan fingerprint density at radius 2 is 1.84 bits per heavy atom. The van der Waals surface area contributed by atoms with E-state index in [1.165, 1.54) is 30.0 Å². The minimum absolute atomic E-state index is 0.0121. The van der Waals surface area contributed by atoms with E-state index in [2.05, 4.69) is 67.9 Å². The lowest BCUT2D eigenvalue weighted by atomic mass is 9.60. The number of nitrogens with one attached hydrogen (secondary N) is 3. The van der Waals surface area contributed by atoms with Crippen LogP contribution in [0.2, 0.25) is 0 Å². The highest BCUT2D eigenvalue weighted by Gasteiger charge is 2.55. The second-order valence-corrected chi connectivity index (χ2v) is 21.5. The lowest BCUT2D eigenvalue weighted by molar-refractivity contribution is -0.384. The Labute approximate surface area is 399 Å². The number of nitro benzene ring substituents is 1. The molecule has 18 heteroatoms. The zero-order valence-electron chi connectivity index (χ0n) is 38.3. The van der Waals surface area contributed by atoms with Gasteiger partial charge in [-0.25, -0.2) is 13.1 Å². The summed E-state index contributed by atoms with van der Waals surface area (Å²) >= 11 is 0. The van der Waals surface area contributed by atoms with Crippen molar-refractivity contribution in [2.45, 2.75) is 87.0 Å². The molecule has 12 rings (SSSR count). The second-order valence-electron chi connectivity index (χ2n) is 19.8. The molecular formula is C51H53N9O8S. The Morgan fingerprint density at radius 3 is 2.65 bits per heavy atom. The molecule has 356 valence electrons. The molecule has 6 aliphatic rings. The maximum Gasteiger partial charge on any atom is 0.297 e. The maximum atomic E-state index is 14.7. The first-order valence-electron chi connectivity index (χ1n) is 23.8. The summed E-state index contributed by atoms with van der Waals surface area (Å²) in [4.78, 5) is 45.4. The van der Waals surface area contributed by atoms with Crippen LogP contribution in [-0.2, 0) is 21.2 Å². The highest BCUT2D eigenvalue weighted by molar-refractivity contribution is 7.90. The van der Waals surface area contributed by atoms with E-state index in [-0.39, 0.29) is 41.1 Å². The summed E-state index contributed by atoms with van der Waals surface area (Å²) < 4.78 is 49.1. The molecule has 3 aromatic carbocycles. The predicted molar refractivity (Wildman–Crippen MR) is 259 cm³/mol. The molecular weight excluding hydrogens is 899 g/mol. The first-order chi connectivity index (χ1) is 33.4. The number of nitrogens with zero attached hydrogens (tertiary/aromatic N) is 6. The van der Waals surface area contributed by atoms with Gasteiger partial charge in [0.15, 0.2) is 11.4 Å². The van der Waals surface area contributed by atoms with Crippen molar-refractivity contribution in [3.05, 3.63) is 130 Å². The van der Waals surface area contributed by atoms with Gasteiger partial charge in [-0.2, -0.15) is 4.98 Å². The van der Waals surface area contributed by atoms with Crippen molar-refractivity contribution in [3.8, 4) is 11.6 Å². The fourth-order valence-electron chi connectivity index (χ4n) is 11.8. The van der Waals surface area contributed by atoms with E-state index in [1.807, 2.05) is 41.3 Å². The summed E-state index contributed by atoms with van der Waals surface area (Å²) in [5.74, 6) is -0.0948. The lowest BCUT2D eigenvalue weighted by Crippen LogP contribution is -2.66. The average molecular weight is 952 g/mol. The van der Waals surface area contributed by atoms with Gasteiger partial charge >= 0.3 is 0 Å². The molecule has 4 fully saturated rings. The summed E-state index contributed by atoms with van der Waals surface area (Å²) in [7, 11) is -4.70. The van der Waals surface area contributed by atoms with Crippen LogP contribution in [0, 0.1) is 15.5 Å². The molecule has 4 atom stereocenters. The number of carbonyl (C=O) groups is 1. The third-order valence-electron chi connectivity index (χ3n) is 15.1. The van der Waals surface area contributed by atoms with Crippen LogP contribution in [0.4, 0.5) is 28.4 Å². The number of benzene rings is 3. The van der Waals surface area contributed by atoms with Crippen molar-refractivity contribution in [2.24, 2.45) is 5.41 Å². The van der Waals surface area contributed by atoms with E-state index >= 15 is 0 Å². The fraction of sp³-hybridized carbons (Fsp3) is 0.392. The van der Waals surface area contributed by atoms with Crippen LogP contribution in [-0.4, -0.2) is 103 Å². The maximum absolute atomic E-state index is 14.7. The van der Waals surface area contributed by atoms with E-state index in [9.17, 15) is 23.3 Å². The zero-order chi connectivity index (χ0) is 47.2. The third kappa shape index (κ3) is 7.68. The van der Waals surface area contributed by atoms with Gasteiger partial charge < -0.3 is 34.3 Å². The van der Waals surface area contributed by atoms with Gasteiger partial charge in [0.05, 0.1) is 46.4 Å². The van der Waals surface area contributed by atoms with Crippen LogP contribution in [0.5, 0.6) is 11.6 Å². The Bertz CT molecular complexity index is 3120. The molecule has 0 bridgehead atoms. The fourth-order valence-corrected chi connectivity index (χ4v) is 12.8. The van der Waals surface area contributed by atoms with Gasteiger partial charge in [0, 0.05) is 78.3 Å². The monoisotopic (exact) mass is 951 g/mol. The quantitative estimate of drug-likeness (QED) is 0.0847. The van der Waals surface area contributed by atoms with Crippen molar-refractivity contribution in [2.75, 3.05) is 54.6 Å². The van der Waals surface area contributed by atoms with E-state index < -0.39 is 37.5 Å². The Kier molecular flexibility index (Phi) is 10.6. The molecule has 0 radical (unpaired) electrons. The minimum Gasteiger partial charge on any atom is -0.489 e. The highest BCUT2D eigenvalue weighted by Crippen LogP contribution is 2.55. The van der Waals surface area contributed by atoms with E-state index in [0.29, 0.717) is 60.5 Å². The van der Waals surface area contributed by atoms with Gasteiger partial charge in [-0.15, -0.1) is 0 Å². The molecule has 5 aliphatic heterocycles. The van der Waals surface area contributed by atoms with Crippen LogP contribution < -0.4 is 29.3 Å². The number of sulfonamides is 1. The number of likely N-dealkylation sites (tertiary alicyclic amines) is 1. The van der Waals surface area contributed by atoms with Crippen LogP contribution in [0.15, 0.2) is 102 Å². The van der Waals surface area contributed by atoms with Crippen molar-refractivity contribution in [1.29, 1.82) is 0 Å². The van der Waals surface area contributed by atoms with Gasteiger partial charge in [0.25, 0.3) is 21.6 Å². The summed E-state index contributed by atoms with van der Waals surface area (Å²) in [5, 5.41) is 16.5. The molecule has 3 aromatic heterocycles. The van der Waals surface area contributed by atoms with Crippen molar-refractivity contribution in [1.82, 2.24) is 24.6 Å². The van der Waals surface area contributed by atoms with Crippen LogP contribution >= 0.6 is 0 Å².